The van der Waals surface area contributed by atoms with Crippen LogP contribution in [0.15, 0.2) is 24.3 Å². The lowest BCUT2D eigenvalue weighted by Crippen LogP contribution is -2.48. The summed E-state index contributed by atoms with van der Waals surface area (Å²) in [6.07, 6.45) is -2.52. The predicted octanol–water partition coefficient (Wildman–Crippen LogP) is 2.84. The number of rotatable bonds is 4. The molecule has 1 fully saturated rings. The summed E-state index contributed by atoms with van der Waals surface area (Å²) in [6, 6.07) is 5.80. The van der Waals surface area contributed by atoms with Crippen LogP contribution in [0.5, 0.6) is 0 Å². The molecule has 1 amide bonds. The van der Waals surface area contributed by atoms with Crippen LogP contribution in [0, 0.1) is 11.8 Å². The lowest BCUT2D eigenvalue weighted by Gasteiger charge is -2.31. The molecule has 0 saturated carbocycles. The van der Waals surface area contributed by atoms with Gasteiger partial charge in [-0.3, -0.25) is 4.79 Å². The van der Waals surface area contributed by atoms with Crippen molar-refractivity contribution >= 4 is 24.0 Å². The summed E-state index contributed by atoms with van der Waals surface area (Å²) >= 11 is 0. The Labute approximate surface area is 117 Å². The summed E-state index contributed by atoms with van der Waals surface area (Å²) in [5, 5.41) is 5.79. The number of carbonyl (C=O) groups is 1. The van der Waals surface area contributed by atoms with Crippen LogP contribution in [0.4, 0.5) is 14.5 Å². The van der Waals surface area contributed by atoms with Gasteiger partial charge in [-0.2, -0.15) is 0 Å². The first-order valence-corrected chi connectivity index (χ1v) is 5.97. The summed E-state index contributed by atoms with van der Waals surface area (Å²) in [4.78, 5) is 11.9. The highest BCUT2D eigenvalue weighted by Crippen LogP contribution is 2.23. The van der Waals surface area contributed by atoms with Gasteiger partial charge < -0.3 is 10.6 Å². The second kappa shape index (κ2) is 6.82. The standard InChI is InChI=1S/C13H16F2N2O.ClH/c1-8(10-6-16-7-10)13(18)17-11-4-2-3-9(5-11)12(14)15;/h2-5,8,10,12,16H,6-7H2,1H3,(H,17,18);1H. The summed E-state index contributed by atoms with van der Waals surface area (Å²) in [7, 11) is 0. The molecule has 1 aromatic rings. The van der Waals surface area contributed by atoms with Crippen LogP contribution < -0.4 is 10.6 Å². The molecule has 106 valence electrons. The van der Waals surface area contributed by atoms with Crippen molar-refractivity contribution in [1.29, 1.82) is 0 Å². The van der Waals surface area contributed by atoms with Crippen LogP contribution in [-0.2, 0) is 4.79 Å². The molecule has 1 aliphatic rings. The van der Waals surface area contributed by atoms with Crippen molar-refractivity contribution < 1.29 is 13.6 Å². The van der Waals surface area contributed by atoms with Crippen LogP contribution in [-0.4, -0.2) is 19.0 Å². The minimum Gasteiger partial charge on any atom is -0.326 e. The van der Waals surface area contributed by atoms with Crippen LogP contribution in [0.1, 0.15) is 18.9 Å². The second-order valence-electron chi connectivity index (χ2n) is 4.62. The minimum atomic E-state index is -2.52. The first-order chi connectivity index (χ1) is 8.58. The van der Waals surface area contributed by atoms with E-state index in [1.54, 1.807) is 6.07 Å². The highest BCUT2D eigenvalue weighted by molar-refractivity contribution is 5.92. The first-order valence-electron chi connectivity index (χ1n) is 5.97. The Morgan fingerprint density at radius 1 is 1.42 bits per heavy atom. The van der Waals surface area contributed by atoms with Gasteiger partial charge in [0.2, 0.25) is 5.91 Å². The highest BCUT2D eigenvalue weighted by atomic mass is 35.5. The zero-order valence-corrected chi connectivity index (χ0v) is 11.3. The quantitative estimate of drug-likeness (QED) is 0.895. The topological polar surface area (TPSA) is 41.1 Å². The lowest BCUT2D eigenvalue weighted by molar-refractivity contribution is -0.121. The third kappa shape index (κ3) is 3.88. The Morgan fingerprint density at radius 2 is 2.11 bits per heavy atom. The molecule has 0 aliphatic carbocycles. The molecule has 1 atom stereocenters. The van der Waals surface area contributed by atoms with E-state index in [9.17, 15) is 13.6 Å². The predicted molar refractivity (Wildman–Crippen MR) is 72.8 cm³/mol. The fraction of sp³-hybridized carbons (Fsp3) is 0.462. The maximum absolute atomic E-state index is 12.5. The molecule has 6 heteroatoms. The number of amides is 1. The molecule has 0 spiro atoms. The highest BCUT2D eigenvalue weighted by Gasteiger charge is 2.28. The zero-order valence-electron chi connectivity index (χ0n) is 10.5. The van der Waals surface area contributed by atoms with Crippen LogP contribution in [0.25, 0.3) is 0 Å². The fourth-order valence-corrected chi connectivity index (χ4v) is 1.89. The maximum Gasteiger partial charge on any atom is 0.263 e. The average molecular weight is 291 g/mol. The molecule has 1 heterocycles. The molecule has 1 aliphatic heterocycles. The number of nitrogens with one attached hydrogen (secondary N) is 2. The Hall–Kier alpha value is -1.20. The fourth-order valence-electron chi connectivity index (χ4n) is 1.89. The van der Waals surface area contributed by atoms with E-state index in [1.807, 2.05) is 6.92 Å². The van der Waals surface area contributed by atoms with Gasteiger partial charge in [0, 0.05) is 17.2 Å². The normalized spacial score (nSPS) is 16.4. The van der Waals surface area contributed by atoms with E-state index >= 15 is 0 Å². The molecule has 1 saturated heterocycles. The van der Waals surface area contributed by atoms with Crippen molar-refractivity contribution in [2.45, 2.75) is 13.3 Å². The van der Waals surface area contributed by atoms with Gasteiger partial charge in [-0.05, 0) is 31.1 Å². The van der Waals surface area contributed by atoms with E-state index in [4.69, 9.17) is 0 Å². The van der Waals surface area contributed by atoms with E-state index in [0.717, 1.165) is 13.1 Å². The smallest absolute Gasteiger partial charge is 0.263 e. The van der Waals surface area contributed by atoms with Gasteiger partial charge in [0.25, 0.3) is 6.43 Å². The average Bonchev–Trinajstić information content (AvgIpc) is 2.26. The Kier molecular flexibility index (Phi) is 5.69. The molecule has 0 aromatic heterocycles. The van der Waals surface area contributed by atoms with Crippen molar-refractivity contribution in [3.8, 4) is 0 Å². The maximum atomic E-state index is 12.5. The SMILES string of the molecule is CC(C(=O)Nc1cccc(C(F)F)c1)C1CNC1.Cl. The van der Waals surface area contributed by atoms with Crippen molar-refractivity contribution in [3.05, 3.63) is 29.8 Å². The van der Waals surface area contributed by atoms with E-state index < -0.39 is 6.43 Å². The Balaban J connectivity index is 0.00000180. The number of carbonyl (C=O) groups excluding carboxylic acids is 1. The molecule has 2 N–H and O–H groups in total. The van der Waals surface area contributed by atoms with Crippen LogP contribution >= 0.6 is 12.4 Å². The number of anilines is 1. The molecule has 2 rings (SSSR count). The zero-order chi connectivity index (χ0) is 13.1. The van der Waals surface area contributed by atoms with Gasteiger partial charge in [-0.15, -0.1) is 12.4 Å². The van der Waals surface area contributed by atoms with Gasteiger partial charge in [0.05, 0.1) is 0 Å². The largest absolute Gasteiger partial charge is 0.326 e. The van der Waals surface area contributed by atoms with Gasteiger partial charge in [-0.25, -0.2) is 8.78 Å². The summed E-state index contributed by atoms with van der Waals surface area (Å²) < 4.78 is 25.0. The summed E-state index contributed by atoms with van der Waals surface area (Å²) in [6.45, 7) is 3.54. The third-order valence-corrected chi connectivity index (χ3v) is 3.34. The van der Waals surface area contributed by atoms with E-state index in [2.05, 4.69) is 10.6 Å². The van der Waals surface area contributed by atoms with E-state index in [-0.39, 0.29) is 29.8 Å². The third-order valence-electron chi connectivity index (χ3n) is 3.34. The number of benzene rings is 1. The molecular formula is C13H17ClF2N2O. The molecule has 0 radical (unpaired) electrons. The Morgan fingerprint density at radius 3 is 2.63 bits per heavy atom. The van der Waals surface area contributed by atoms with Crippen LogP contribution in [0.2, 0.25) is 0 Å². The van der Waals surface area contributed by atoms with Crippen molar-refractivity contribution in [2.24, 2.45) is 11.8 Å². The van der Waals surface area contributed by atoms with Gasteiger partial charge in [-0.1, -0.05) is 19.1 Å². The Bertz CT molecular complexity index is 438. The molecular weight excluding hydrogens is 274 g/mol. The van der Waals surface area contributed by atoms with Crippen LogP contribution in [0.3, 0.4) is 0 Å². The molecule has 3 nitrogen and oxygen atoms in total. The monoisotopic (exact) mass is 290 g/mol. The lowest BCUT2D eigenvalue weighted by atomic mass is 9.88. The summed E-state index contributed by atoms with van der Waals surface area (Å²) in [5.41, 5.74) is 0.350. The van der Waals surface area contributed by atoms with Crippen molar-refractivity contribution in [1.82, 2.24) is 5.32 Å². The number of halogens is 3. The van der Waals surface area contributed by atoms with Gasteiger partial charge in [0.15, 0.2) is 0 Å². The number of alkyl halides is 2. The number of hydrogen-bond acceptors (Lipinski definition) is 2. The molecule has 0 bridgehead atoms. The second-order valence-corrected chi connectivity index (χ2v) is 4.62. The molecule has 1 aromatic carbocycles. The van der Waals surface area contributed by atoms with E-state index in [1.165, 1.54) is 18.2 Å². The van der Waals surface area contributed by atoms with Gasteiger partial charge in [0.1, 0.15) is 0 Å². The minimum absolute atomic E-state index is 0. The number of hydrogen-bond donors (Lipinski definition) is 2. The summed E-state index contributed by atoms with van der Waals surface area (Å²) in [5.74, 6) is 0.109. The molecule has 19 heavy (non-hydrogen) atoms. The van der Waals surface area contributed by atoms with Gasteiger partial charge >= 0.3 is 0 Å². The molecule has 1 unspecified atom stereocenters. The van der Waals surface area contributed by atoms with Crippen molar-refractivity contribution in [2.75, 3.05) is 18.4 Å². The van der Waals surface area contributed by atoms with E-state index in [0.29, 0.717) is 11.6 Å². The van der Waals surface area contributed by atoms with Crippen molar-refractivity contribution in [3.63, 3.8) is 0 Å². The first kappa shape index (κ1) is 15.9.